The summed E-state index contributed by atoms with van der Waals surface area (Å²) in [6, 6.07) is 11.1. The van der Waals surface area contributed by atoms with Crippen molar-refractivity contribution in [3.63, 3.8) is 0 Å². The summed E-state index contributed by atoms with van der Waals surface area (Å²) in [5, 5.41) is 3.62. The average molecular weight is 255 g/mol. The minimum Gasteiger partial charge on any atom is -0.363 e. The van der Waals surface area contributed by atoms with Gasteiger partial charge in [0, 0.05) is 12.7 Å². The van der Waals surface area contributed by atoms with Gasteiger partial charge in [-0.25, -0.2) is 4.99 Å². The molecule has 1 N–H and O–H groups in total. The summed E-state index contributed by atoms with van der Waals surface area (Å²) < 4.78 is 0. The normalized spacial score (nSPS) is 20.1. The molecule has 1 saturated carbocycles. The highest BCUT2D eigenvalue weighted by atomic mass is 15.2. The Morgan fingerprint density at radius 2 is 2.11 bits per heavy atom. The SMILES string of the molecule is CCN1C=CC(NC(c2ccccc2)C2CC2)=NC1. The van der Waals surface area contributed by atoms with Crippen molar-refractivity contribution in [3.8, 4) is 0 Å². The molecule has 2 aliphatic rings. The summed E-state index contributed by atoms with van der Waals surface area (Å²) in [6.45, 7) is 3.93. The van der Waals surface area contributed by atoms with Crippen molar-refractivity contribution < 1.29 is 0 Å². The van der Waals surface area contributed by atoms with E-state index in [0.29, 0.717) is 6.04 Å². The molecular formula is C16H21N3. The fraction of sp³-hybridized carbons (Fsp3) is 0.438. The van der Waals surface area contributed by atoms with E-state index in [4.69, 9.17) is 0 Å². The lowest BCUT2D eigenvalue weighted by atomic mass is 10.0. The van der Waals surface area contributed by atoms with Gasteiger partial charge in [-0.2, -0.15) is 0 Å². The largest absolute Gasteiger partial charge is 0.363 e. The van der Waals surface area contributed by atoms with Crippen LogP contribution in [0.25, 0.3) is 0 Å². The maximum absolute atomic E-state index is 4.60. The van der Waals surface area contributed by atoms with Crippen molar-refractivity contribution in [1.82, 2.24) is 10.2 Å². The summed E-state index contributed by atoms with van der Waals surface area (Å²) >= 11 is 0. The quantitative estimate of drug-likeness (QED) is 0.895. The number of rotatable bonds is 4. The number of benzene rings is 1. The van der Waals surface area contributed by atoms with Gasteiger partial charge in [-0.1, -0.05) is 30.3 Å². The van der Waals surface area contributed by atoms with E-state index in [-0.39, 0.29) is 0 Å². The fourth-order valence-electron chi connectivity index (χ4n) is 2.46. The zero-order valence-electron chi connectivity index (χ0n) is 11.4. The topological polar surface area (TPSA) is 27.6 Å². The predicted octanol–water partition coefficient (Wildman–Crippen LogP) is 2.93. The van der Waals surface area contributed by atoms with Crippen molar-refractivity contribution >= 4 is 5.84 Å². The Bertz CT molecular complexity index is 474. The Kier molecular flexibility index (Phi) is 3.53. The van der Waals surface area contributed by atoms with Crippen LogP contribution in [-0.2, 0) is 0 Å². The third kappa shape index (κ3) is 2.98. The number of nitrogens with zero attached hydrogens (tertiary/aromatic N) is 2. The third-order valence-electron chi connectivity index (χ3n) is 3.83. The van der Waals surface area contributed by atoms with E-state index in [9.17, 15) is 0 Å². The highest BCUT2D eigenvalue weighted by Crippen LogP contribution is 2.41. The van der Waals surface area contributed by atoms with Gasteiger partial charge in [-0.3, -0.25) is 0 Å². The lowest BCUT2D eigenvalue weighted by Crippen LogP contribution is -2.32. The van der Waals surface area contributed by atoms with Crippen molar-refractivity contribution in [3.05, 3.63) is 48.2 Å². The van der Waals surface area contributed by atoms with E-state index in [2.05, 4.69) is 64.7 Å². The maximum atomic E-state index is 4.60. The highest BCUT2D eigenvalue weighted by molar-refractivity contribution is 5.93. The van der Waals surface area contributed by atoms with E-state index in [1.54, 1.807) is 0 Å². The number of amidine groups is 1. The molecule has 1 unspecified atom stereocenters. The first-order valence-electron chi connectivity index (χ1n) is 7.15. The van der Waals surface area contributed by atoms with Gasteiger partial charge in [0.25, 0.3) is 0 Å². The molecule has 0 spiro atoms. The highest BCUT2D eigenvalue weighted by Gasteiger charge is 2.32. The first-order valence-corrected chi connectivity index (χ1v) is 7.15. The molecule has 100 valence electrons. The number of hydrogen-bond donors (Lipinski definition) is 1. The van der Waals surface area contributed by atoms with Gasteiger partial charge in [-0.15, -0.1) is 0 Å². The second-order valence-electron chi connectivity index (χ2n) is 5.28. The molecule has 3 heteroatoms. The minimum absolute atomic E-state index is 0.415. The monoisotopic (exact) mass is 255 g/mol. The van der Waals surface area contributed by atoms with Crippen molar-refractivity contribution in [1.29, 1.82) is 0 Å². The summed E-state index contributed by atoms with van der Waals surface area (Å²) in [7, 11) is 0. The van der Waals surface area contributed by atoms with Crippen LogP contribution in [0.1, 0.15) is 31.4 Å². The number of aliphatic imine (C=N–C) groups is 1. The smallest absolute Gasteiger partial charge is 0.124 e. The number of hydrogen-bond acceptors (Lipinski definition) is 3. The summed E-state index contributed by atoms with van der Waals surface area (Å²) in [5.74, 6) is 1.79. The fourth-order valence-corrected chi connectivity index (χ4v) is 2.46. The second-order valence-corrected chi connectivity index (χ2v) is 5.28. The standard InChI is InChI=1S/C16H21N3/c1-2-19-11-10-15(17-12-19)18-16(14-8-9-14)13-6-4-3-5-7-13/h3-7,10-11,14,16H,2,8-9,12H2,1H3,(H,17,18). The molecule has 3 nitrogen and oxygen atoms in total. The zero-order valence-corrected chi connectivity index (χ0v) is 11.4. The van der Waals surface area contributed by atoms with Crippen LogP contribution >= 0.6 is 0 Å². The van der Waals surface area contributed by atoms with Crippen LogP contribution in [-0.4, -0.2) is 23.9 Å². The Balaban J connectivity index is 1.70. The van der Waals surface area contributed by atoms with Crippen LogP contribution in [0, 0.1) is 5.92 Å². The van der Waals surface area contributed by atoms with Crippen molar-refractivity contribution in [2.45, 2.75) is 25.8 Å². The molecule has 1 atom stereocenters. The second kappa shape index (κ2) is 5.47. The van der Waals surface area contributed by atoms with Crippen LogP contribution in [0.4, 0.5) is 0 Å². The predicted molar refractivity (Wildman–Crippen MR) is 78.9 cm³/mol. The molecule has 1 aromatic carbocycles. The van der Waals surface area contributed by atoms with Gasteiger partial charge in [0.2, 0.25) is 0 Å². The van der Waals surface area contributed by atoms with E-state index in [1.165, 1.54) is 18.4 Å². The van der Waals surface area contributed by atoms with Gasteiger partial charge in [0.1, 0.15) is 12.5 Å². The lowest BCUT2D eigenvalue weighted by molar-refractivity contribution is 0.403. The van der Waals surface area contributed by atoms with Gasteiger partial charge < -0.3 is 10.2 Å². The average Bonchev–Trinajstić information content (AvgIpc) is 3.31. The first kappa shape index (κ1) is 12.3. The molecule has 0 radical (unpaired) electrons. The molecule has 19 heavy (non-hydrogen) atoms. The van der Waals surface area contributed by atoms with E-state index in [0.717, 1.165) is 25.0 Å². The summed E-state index contributed by atoms with van der Waals surface area (Å²) in [6.07, 6.45) is 6.87. The molecule has 1 heterocycles. The third-order valence-corrected chi connectivity index (χ3v) is 3.83. The van der Waals surface area contributed by atoms with Crippen LogP contribution < -0.4 is 5.32 Å². The minimum atomic E-state index is 0.415. The van der Waals surface area contributed by atoms with Gasteiger partial charge >= 0.3 is 0 Å². The number of nitrogens with one attached hydrogen (secondary N) is 1. The van der Waals surface area contributed by atoms with Gasteiger partial charge in [0.05, 0.1) is 6.04 Å². The first-order chi connectivity index (χ1) is 9.36. The van der Waals surface area contributed by atoms with E-state index >= 15 is 0 Å². The molecule has 1 aromatic rings. The Morgan fingerprint density at radius 3 is 2.68 bits per heavy atom. The van der Waals surface area contributed by atoms with Crippen molar-refractivity contribution in [2.75, 3.05) is 13.2 Å². The Morgan fingerprint density at radius 1 is 1.32 bits per heavy atom. The van der Waals surface area contributed by atoms with Gasteiger partial charge in [-0.05, 0) is 37.3 Å². The maximum Gasteiger partial charge on any atom is 0.124 e. The lowest BCUT2D eigenvalue weighted by Gasteiger charge is -2.24. The molecular weight excluding hydrogens is 234 g/mol. The molecule has 0 aromatic heterocycles. The molecule has 1 aliphatic carbocycles. The summed E-state index contributed by atoms with van der Waals surface area (Å²) in [4.78, 5) is 6.80. The molecule has 0 bridgehead atoms. The van der Waals surface area contributed by atoms with Crippen LogP contribution in [0.3, 0.4) is 0 Å². The van der Waals surface area contributed by atoms with Crippen LogP contribution in [0.5, 0.6) is 0 Å². The molecule has 1 aliphatic heterocycles. The Labute approximate surface area is 115 Å². The van der Waals surface area contributed by atoms with E-state index in [1.807, 2.05) is 0 Å². The van der Waals surface area contributed by atoms with Crippen molar-refractivity contribution in [2.24, 2.45) is 10.9 Å². The summed E-state index contributed by atoms with van der Waals surface area (Å²) in [5.41, 5.74) is 1.37. The van der Waals surface area contributed by atoms with Gasteiger partial charge in [0.15, 0.2) is 0 Å². The Hall–Kier alpha value is -1.77. The molecule has 0 saturated heterocycles. The van der Waals surface area contributed by atoms with Crippen LogP contribution in [0.15, 0.2) is 47.6 Å². The molecule has 1 fully saturated rings. The zero-order chi connectivity index (χ0) is 13.1. The molecule has 3 rings (SSSR count). The van der Waals surface area contributed by atoms with Crippen LogP contribution in [0.2, 0.25) is 0 Å². The molecule has 0 amide bonds. The van der Waals surface area contributed by atoms with E-state index < -0.39 is 0 Å².